The fourth-order valence-corrected chi connectivity index (χ4v) is 0.961. The second-order valence-electron chi connectivity index (χ2n) is 2.46. The predicted octanol–water partition coefficient (Wildman–Crippen LogP) is 0.678. The molecule has 0 aliphatic carbocycles. The number of anilines is 1. The minimum absolute atomic E-state index is 0.154. The van der Waals surface area contributed by atoms with Gasteiger partial charge in [-0.3, -0.25) is 5.32 Å². The van der Waals surface area contributed by atoms with Crippen LogP contribution in [0.3, 0.4) is 0 Å². The first-order valence-electron chi connectivity index (χ1n) is 4.19. The number of nitrogens with one attached hydrogen (secondary N) is 2. The Bertz CT molecular complexity index is 254. The highest BCUT2D eigenvalue weighted by atomic mass is 16.2. The lowest BCUT2D eigenvalue weighted by molar-refractivity contribution is 0.217. The Morgan fingerprint density at radius 2 is 2.31 bits per heavy atom. The van der Waals surface area contributed by atoms with E-state index in [-0.39, 0.29) is 6.03 Å². The van der Waals surface area contributed by atoms with Crippen LogP contribution in [-0.4, -0.2) is 39.4 Å². The summed E-state index contributed by atoms with van der Waals surface area (Å²) in [6.07, 6.45) is 1.46. The van der Waals surface area contributed by atoms with Gasteiger partial charge >= 0.3 is 6.03 Å². The van der Waals surface area contributed by atoms with Crippen LogP contribution < -0.4 is 5.32 Å². The SMILES string of the molecule is CCN(CC)C(=O)Nc1cn[nH]n1. The Balaban J connectivity index is 2.49. The van der Waals surface area contributed by atoms with E-state index < -0.39 is 0 Å². The lowest BCUT2D eigenvalue weighted by Gasteiger charge is -2.17. The zero-order chi connectivity index (χ0) is 9.68. The molecular weight excluding hydrogens is 170 g/mol. The maximum atomic E-state index is 11.4. The minimum Gasteiger partial charge on any atom is -0.325 e. The molecule has 0 fully saturated rings. The van der Waals surface area contributed by atoms with Crippen molar-refractivity contribution in [3.05, 3.63) is 6.20 Å². The van der Waals surface area contributed by atoms with E-state index in [2.05, 4.69) is 20.7 Å². The van der Waals surface area contributed by atoms with Gasteiger partial charge in [0.05, 0.1) is 6.20 Å². The third-order valence-corrected chi connectivity index (χ3v) is 1.70. The van der Waals surface area contributed by atoms with Gasteiger partial charge in [-0.2, -0.15) is 10.3 Å². The molecule has 0 radical (unpaired) electrons. The summed E-state index contributed by atoms with van der Waals surface area (Å²) >= 11 is 0. The summed E-state index contributed by atoms with van der Waals surface area (Å²) < 4.78 is 0. The monoisotopic (exact) mass is 183 g/mol. The van der Waals surface area contributed by atoms with Crippen LogP contribution in [0.25, 0.3) is 0 Å². The molecule has 0 aliphatic heterocycles. The molecule has 0 aliphatic rings. The van der Waals surface area contributed by atoms with Crippen molar-refractivity contribution in [2.45, 2.75) is 13.8 Å². The fraction of sp³-hybridized carbons (Fsp3) is 0.571. The van der Waals surface area contributed by atoms with E-state index in [0.717, 1.165) is 0 Å². The quantitative estimate of drug-likeness (QED) is 0.723. The maximum absolute atomic E-state index is 11.4. The zero-order valence-electron chi connectivity index (χ0n) is 7.74. The van der Waals surface area contributed by atoms with E-state index in [1.165, 1.54) is 6.20 Å². The van der Waals surface area contributed by atoms with Crippen LogP contribution in [0.2, 0.25) is 0 Å². The van der Waals surface area contributed by atoms with Crippen LogP contribution in [0, 0.1) is 0 Å². The number of hydrogen-bond donors (Lipinski definition) is 2. The largest absolute Gasteiger partial charge is 0.325 e. The molecule has 2 N–H and O–H groups in total. The van der Waals surface area contributed by atoms with Gasteiger partial charge in [0.25, 0.3) is 0 Å². The summed E-state index contributed by atoms with van der Waals surface area (Å²) in [5.74, 6) is 0.442. The molecule has 1 aromatic rings. The van der Waals surface area contributed by atoms with Crippen molar-refractivity contribution in [2.24, 2.45) is 0 Å². The molecule has 72 valence electrons. The molecule has 0 atom stereocenters. The number of amides is 2. The van der Waals surface area contributed by atoms with Gasteiger partial charge in [0.1, 0.15) is 0 Å². The lowest BCUT2D eigenvalue weighted by atomic mass is 10.5. The Morgan fingerprint density at radius 1 is 1.62 bits per heavy atom. The molecule has 6 heteroatoms. The summed E-state index contributed by atoms with van der Waals surface area (Å²) in [4.78, 5) is 13.1. The van der Waals surface area contributed by atoms with Gasteiger partial charge in [0.15, 0.2) is 5.82 Å². The highest BCUT2D eigenvalue weighted by Crippen LogP contribution is 1.99. The van der Waals surface area contributed by atoms with Gasteiger partial charge in [-0.05, 0) is 13.8 Å². The number of urea groups is 1. The molecule has 13 heavy (non-hydrogen) atoms. The van der Waals surface area contributed by atoms with Crippen LogP contribution in [0.5, 0.6) is 0 Å². The number of carbonyl (C=O) groups excluding carboxylic acids is 1. The highest BCUT2D eigenvalue weighted by Gasteiger charge is 2.09. The van der Waals surface area contributed by atoms with Crippen molar-refractivity contribution in [3.8, 4) is 0 Å². The standard InChI is InChI=1S/C7H13N5O/c1-3-12(4-2)7(13)9-6-5-8-11-10-6/h5H,3-4H2,1-2H3,(H2,8,9,10,11,13). The van der Waals surface area contributed by atoms with Crippen molar-refractivity contribution in [1.29, 1.82) is 0 Å². The highest BCUT2D eigenvalue weighted by molar-refractivity contribution is 5.87. The van der Waals surface area contributed by atoms with Crippen molar-refractivity contribution in [3.63, 3.8) is 0 Å². The number of aromatic amines is 1. The number of aromatic nitrogens is 3. The smallest absolute Gasteiger partial charge is 0.323 e. The third-order valence-electron chi connectivity index (χ3n) is 1.70. The molecule has 0 spiro atoms. The number of carbonyl (C=O) groups is 1. The van der Waals surface area contributed by atoms with Crippen LogP contribution in [0.4, 0.5) is 10.6 Å². The van der Waals surface area contributed by atoms with Crippen LogP contribution in [0.1, 0.15) is 13.8 Å². The molecule has 0 saturated heterocycles. The van der Waals surface area contributed by atoms with Gasteiger partial charge in [0.2, 0.25) is 0 Å². The summed E-state index contributed by atoms with van der Waals surface area (Å²) in [7, 11) is 0. The van der Waals surface area contributed by atoms with E-state index in [1.807, 2.05) is 13.8 Å². The first kappa shape index (κ1) is 9.50. The molecule has 0 bridgehead atoms. The first-order valence-corrected chi connectivity index (χ1v) is 4.19. The van der Waals surface area contributed by atoms with Crippen molar-refractivity contribution in [2.75, 3.05) is 18.4 Å². The molecule has 0 saturated carbocycles. The van der Waals surface area contributed by atoms with Gasteiger partial charge in [-0.15, -0.1) is 5.10 Å². The molecular formula is C7H13N5O. The number of rotatable bonds is 3. The summed E-state index contributed by atoms with van der Waals surface area (Å²) in [5, 5.41) is 12.3. The fourth-order valence-electron chi connectivity index (χ4n) is 0.961. The van der Waals surface area contributed by atoms with Crippen LogP contribution in [-0.2, 0) is 0 Å². The second-order valence-corrected chi connectivity index (χ2v) is 2.46. The Labute approximate surface area is 76.3 Å². The molecule has 0 aromatic carbocycles. The van der Waals surface area contributed by atoms with Crippen LogP contribution >= 0.6 is 0 Å². The van der Waals surface area contributed by atoms with Gasteiger partial charge in [-0.25, -0.2) is 4.79 Å². The lowest BCUT2D eigenvalue weighted by Crippen LogP contribution is -2.34. The normalized spacial score (nSPS) is 9.69. The van der Waals surface area contributed by atoms with E-state index in [9.17, 15) is 4.79 Å². The Hall–Kier alpha value is -1.59. The van der Waals surface area contributed by atoms with E-state index >= 15 is 0 Å². The van der Waals surface area contributed by atoms with Crippen molar-refractivity contribution < 1.29 is 4.79 Å². The van der Waals surface area contributed by atoms with Gasteiger partial charge < -0.3 is 4.90 Å². The average molecular weight is 183 g/mol. The zero-order valence-corrected chi connectivity index (χ0v) is 7.74. The Kier molecular flexibility index (Phi) is 3.24. The molecule has 0 unspecified atom stereocenters. The number of H-pyrrole nitrogens is 1. The second kappa shape index (κ2) is 4.44. The number of hydrogen-bond acceptors (Lipinski definition) is 3. The van der Waals surface area contributed by atoms with Gasteiger partial charge in [0, 0.05) is 13.1 Å². The third kappa shape index (κ3) is 2.43. The molecule has 1 rings (SSSR count). The van der Waals surface area contributed by atoms with Crippen molar-refractivity contribution >= 4 is 11.8 Å². The first-order chi connectivity index (χ1) is 6.27. The molecule has 1 heterocycles. The average Bonchev–Trinajstić information content (AvgIpc) is 2.59. The van der Waals surface area contributed by atoms with Crippen LogP contribution in [0.15, 0.2) is 6.20 Å². The topological polar surface area (TPSA) is 73.9 Å². The maximum Gasteiger partial charge on any atom is 0.323 e. The summed E-state index contributed by atoms with van der Waals surface area (Å²) in [5.41, 5.74) is 0. The van der Waals surface area contributed by atoms with E-state index in [1.54, 1.807) is 4.90 Å². The number of nitrogens with zero attached hydrogens (tertiary/aromatic N) is 3. The molecule has 6 nitrogen and oxygen atoms in total. The van der Waals surface area contributed by atoms with E-state index in [4.69, 9.17) is 0 Å². The van der Waals surface area contributed by atoms with Gasteiger partial charge in [-0.1, -0.05) is 0 Å². The summed E-state index contributed by atoms with van der Waals surface area (Å²) in [6, 6.07) is -0.154. The molecule has 1 aromatic heterocycles. The summed E-state index contributed by atoms with van der Waals surface area (Å²) in [6.45, 7) is 5.21. The van der Waals surface area contributed by atoms with Crippen molar-refractivity contribution in [1.82, 2.24) is 20.3 Å². The Morgan fingerprint density at radius 3 is 2.77 bits per heavy atom. The predicted molar refractivity (Wildman–Crippen MR) is 48.3 cm³/mol. The minimum atomic E-state index is -0.154. The van der Waals surface area contributed by atoms with E-state index in [0.29, 0.717) is 18.9 Å². The molecule has 2 amide bonds.